The van der Waals surface area contributed by atoms with Gasteiger partial charge in [-0.1, -0.05) is 29.3 Å². The van der Waals surface area contributed by atoms with Crippen LogP contribution in [-0.2, 0) is 6.42 Å². The largest absolute Gasteiger partial charge is 0.323 e. The van der Waals surface area contributed by atoms with E-state index in [9.17, 15) is 4.39 Å². The highest BCUT2D eigenvalue weighted by molar-refractivity contribution is 7.10. The van der Waals surface area contributed by atoms with Gasteiger partial charge in [-0.3, -0.25) is 0 Å². The van der Waals surface area contributed by atoms with E-state index in [0.29, 0.717) is 6.42 Å². The average molecular weight is 304 g/mol. The van der Waals surface area contributed by atoms with Crippen LogP contribution in [0.3, 0.4) is 0 Å². The summed E-state index contributed by atoms with van der Waals surface area (Å²) in [5, 5.41) is 2.82. The molecule has 1 aromatic carbocycles. The van der Waals surface area contributed by atoms with Crippen molar-refractivity contribution >= 4 is 34.5 Å². The Morgan fingerprint density at radius 1 is 1.39 bits per heavy atom. The van der Waals surface area contributed by atoms with E-state index in [1.807, 2.05) is 12.3 Å². The molecule has 2 aromatic rings. The second-order valence-electron chi connectivity index (χ2n) is 4.16. The summed E-state index contributed by atoms with van der Waals surface area (Å²) in [5.41, 5.74) is 8.05. The SMILES string of the molecule is Cc1csc(C(N)Cc2ccc(F)c(Cl)c2)c1Cl. The fourth-order valence-electron chi connectivity index (χ4n) is 1.71. The maximum absolute atomic E-state index is 13.0. The summed E-state index contributed by atoms with van der Waals surface area (Å²) in [6.07, 6.45) is 0.583. The molecule has 0 radical (unpaired) electrons. The van der Waals surface area contributed by atoms with Crippen molar-refractivity contribution in [3.8, 4) is 0 Å². The number of nitrogens with two attached hydrogens (primary N) is 1. The van der Waals surface area contributed by atoms with Gasteiger partial charge >= 0.3 is 0 Å². The van der Waals surface area contributed by atoms with Gasteiger partial charge in [0.15, 0.2) is 0 Å². The van der Waals surface area contributed by atoms with Gasteiger partial charge in [0.05, 0.1) is 10.0 Å². The monoisotopic (exact) mass is 303 g/mol. The Morgan fingerprint density at radius 2 is 2.11 bits per heavy atom. The molecule has 18 heavy (non-hydrogen) atoms. The Kier molecular flexibility index (Phi) is 4.28. The van der Waals surface area contributed by atoms with Gasteiger partial charge in [0.2, 0.25) is 0 Å². The van der Waals surface area contributed by atoms with Crippen molar-refractivity contribution in [3.63, 3.8) is 0 Å². The number of benzene rings is 1. The van der Waals surface area contributed by atoms with E-state index in [1.165, 1.54) is 6.07 Å². The third-order valence-electron chi connectivity index (χ3n) is 2.70. The number of thiophene rings is 1. The smallest absolute Gasteiger partial charge is 0.141 e. The number of rotatable bonds is 3. The highest BCUT2D eigenvalue weighted by Crippen LogP contribution is 2.33. The van der Waals surface area contributed by atoms with Gasteiger partial charge in [-0.15, -0.1) is 11.3 Å². The average Bonchev–Trinajstić information content (AvgIpc) is 2.65. The zero-order valence-corrected chi connectivity index (χ0v) is 12.0. The molecule has 5 heteroatoms. The summed E-state index contributed by atoms with van der Waals surface area (Å²) in [6.45, 7) is 1.95. The van der Waals surface area contributed by atoms with Gasteiger partial charge in [-0.05, 0) is 42.0 Å². The van der Waals surface area contributed by atoms with Crippen LogP contribution in [0.4, 0.5) is 4.39 Å². The van der Waals surface area contributed by atoms with E-state index in [-0.39, 0.29) is 11.1 Å². The summed E-state index contributed by atoms with van der Waals surface area (Å²) in [5.74, 6) is -0.418. The molecule has 0 saturated carbocycles. The summed E-state index contributed by atoms with van der Waals surface area (Å²) in [7, 11) is 0. The highest BCUT2D eigenvalue weighted by Gasteiger charge is 2.15. The van der Waals surface area contributed by atoms with Gasteiger partial charge in [-0.2, -0.15) is 0 Å². The lowest BCUT2D eigenvalue weighted by atomic mass is 10.0. The maximum atomic E-state index is 13.0. The van der Waals surface area contributed by atoms with Gasteiger partial charge in [0, 0.05) is 10.9 Å². The molecule has 2 N–H and O–H groups in total. The third-order valence-corrected chi connectivity index (χ3v) is 4.84. The summed E-state index contributed by atoms with van der Waals surface area (Å²) < 4.78 is 13.0. The Morgan fingerprint density at radius 3 is 2.67 bits per heavy atom. The van der Waals surface area contributed by atoms with Crippen LogP contribution in [0.25, 0.3) is 0 Å². The van der Waals surface area contributed by atoms with Crippen LogP contribution in [0.2, 0.25) is 10.0 Å². The molecule has 0 aliphatic carbocycles. The van der Waals surface area contributed by atoms with Crippen LogP contribution >= 0.6 is 34.5 Å². The first-order chi connectivity index (χ1) is 8.49. The van der Waals surface area contributed by atoms with E-state index in [4.69, 9.17) is 28.9 Å². The molecular weight excluding hydrogens is 292 g/mol. The Hall–Kier alpha value is -0.610. The number of aryl methyl sites for hydroxylation is 1. The Labute approximate surface area is 119 Å². The van der Waals surface area contributed by atoms with Gasteiger partial charge in [0.25, 0.3) is 0 Å². The third kappa shape index (κ3) is 2.86. The van der Waals surface area contributed by atoms with Crippen LogP contribution in [0, 0.1) is 12.7 Å². The molecule has 2 rings (SSSR count). The predicted molar refractivity (Wildman–Crippen MR) is 76.1 cm³/mol. The molecule has 1 unspecified atom stereocenters. The Balaban J connectivity index is 2.18. The first kappa shape index (κ1) is 13.8. The first-order valence-corrected chi connectivity index (χ1v) is 7.05. The predicted octanol–water partition coefficient (Wildman–Crippen LogP) is 4.74. The molecule has 0 spiro atoms. The molecule has 1 heterocycles. The summed E-state index contributed by atoms with van der Waals surface area (Å²) in [6, 6.07) is 4.45. The summed E-state index contributed by atoms with van der Waals surface area (Å²) in [4.78, 5) is 0.953. The van der Waals surface area contributed by atoms with Crippen LogP contribution in [0.15, 0.2) is 23.6 Å². The van der Waals surface area contributed by atoms with Crippen molar-refractivity contribution in [2.45, 2.75) is 19.4 Å². The first-order valence-electron chi connectivity index (χ1n) is 5.42. The van der Waals surface area contributed by atoms with Crippen molar-refractivity contribution in [3.05, 3.63) is 55.4 Å². The van der Waals surface area contributed by atoms with Gasteiger partial charge in [0.1, 0.15) is 5.82 Å². The number of hydrogen-bond acceptors (Lipinski definition) is 2. The summed E-state index contributed by atoms with van der Waals surface area (Å²) >= 11 is 13.5. The van der Waals surface area contributed by atoms with Gasteiger partial charge < -0.3 is 5.73 Å². The molecule has 0 fully saturated rings. The van der Waals surface area contributed by atoms with Crippen LogP contribution in [0.1, 0.15) is 22.0 Å². The molecule has 0 aliphatic rings. The second kappa shape index (κ2) is 5.57. The minimum atomic E-state index is -0.418. The molecule has 1 nitrogen and oxygen atoms in total. The number of hydrogen-bond donors (Lipinski definition) is 1. The molecule has 96 valence electrons. The van der Waals surface area contributed by atoms with E-state index in [0.717, 1.165) is 21.0 Å². The molecule has 1 atom stereocenters. The molecule has 0 amide bonds. The maximum Gasteiger partial charge on any atom is 0.141 e. The molecule has 0 aliphatic heterocycles. The standard InChI is InChI=1S/C13H12Cl2FNS/c1-7-6-18-13(12(7)15)11(17)5-8-2-3-10(16)9(14)4-8/h2-4,6,11H,5,17H2,1H3. The normalized spacial score (nSPS) is 12.7. The molecule has 0 bridgehead atoms. The van der Waals surface area contributed by atoms with E-state index in [2.05, 4.69) is 0 Å². The van der Waals surface area contributed by atoms with E-state index >= 15 is 0 Å². The topological polar surface area (TPSA) is 26.0 Å². The Bertz CT molecular complexity index is 568. The second-order valence-corrected chi connectivity index (χ2v) is 5.85. The minimum absolute atomic E-state index is 0.119. The van der Waals surface area contributed by atoms with E-state index in [1.54, 1.807) is 23.5 Å². The highest BCUT2D eigenvalue weighted by atomic mass is 35.5. The lowest BCUT2D eigenvalue weighted by molar-refractivity contribution is 0.626. The zero-order valence-electron chi connectivity index (χ0n) is 9.71. The van der Waals surface area contributed by atoms with Crippen molar-refractivity contribution < 1.29 is 4.39 Å². The fraction of sp³-hybridized carbons (Fsp3) is 0.231. The lowest BCUT2D eigenvalue weighted by Crippen LogP contribution is -2.12. The van der Waals surface area contributed by atoms with E-state index < -0.39 is 5.82 Å². The number of halogens is 3. The van der Waals surface area contributed by atoms with Crippen molar-refractivity contribution in [2.75, 3.05) is 0 Å². The van der Waals surface area contributed by atoms with Gasteiger partial charge in [-0.25, -0.2) is 4.39 Å². The quantitative estimate of drug-likeness (QED) is 0.870. The van der Waals surface area contributed by atoms with Crippen molar-refractivity contribution in [2.24, 2.45) is 5.73 Å². The van der Waals surface area contributed by atoms with Crippen LogP contribution in [-0.4, -0.2) is 0 Å². The fourth-order valence-corrected chi connectivity index (χ4v) is 3.25. The van der Waals surface area contributed by atoms with Crippen LogP contribution < -0.4 is 5.73 Å². The molecule has 0 saturated heterocycles. The zero-order chi connectivity index (χ0) is 13.3. The van der Waals surface area contributed by atoms with Crippen molar-refractivity contribution in [1.29, 1.82) is 0 Å². The van der Waals surface area contributed by atoms with Crippen LogP contribution in [0.5, 0.6) is 0 Å². The molecular formula is C13H12Cl2FNS. The van der Waals surface area contributed by atoms with Crippen molar-refractivity contribution in [1.82, 2.24) is 0 Å². The lowest BCUT2D eigenvalue weighted by Gasteiger charge is -2.11. The molecule has 1 aromatic heterocycles. The minimum Gasteiger partial charge on any atom is -0.323 e.